The molecule has 1 aliphatic heterocycles. The Morgan fingerprint density at radius 3 is 2.52 bits per heavy atom. The van der Waals surface area contributed by atoms with Crippen molar-refractivity contribution < 1.29 is 14.7 Å². The van der Waals surface area contributed by atoms with Crippen molar-refractivity contribution in [2.24, 2.45) is 17.3 Å². The van der Waals surface area contributed by atoms with Crippen LogP contribution in [-0.2, 0) is 9.59 Å². The summed E-state index contributed by atoms with van der Waals surface area (Å²) < 4.78 is 0. The molecule has 1 aliphatic carbocycles. The fourth-order valence-corrected chi connectivity index (χ4v) is 3.78. The molecule has 1 heterocycles. The van der Waals surface area contributed by atoms with Crippen LogP contribution in [0.4, 0.5) is 0 Å². The highest BCUT2D eigenvalue weighted by Gasteiger charge is 2.40. The van der Waals surface area contributed by atoms with Crippen molar-refractivity contribution in [3.05, 3.63) is 0 Å². The molecule has 2 rings (SSSR count). The van der Waals surface area contributed by atoms with Gasteiger partial charge in [-0.1, -0.05) is 13.3 Å². The van der Waals surface area contributed by atoms with Crippen LogP contribution in [0.3, 0.4) is 0 Å². The molecule has 5 nitrogen and oxygen atoms in total. The van der Waals surface area contributed by atoms with Crippen molar-refractivity contribution in [2.45, 2.75) is 51.9 Å². The minimum absolute atomic E-state index is 0.178. The van der Waals surface area contributed by atoms with E-state index in [2.05, 4.69) is 17.6 Å². The predicted octanol–water partition coefficient (Wildman–Crippen LogP) is 1.77. The zero-order valence-corrected chi connectivity index (χ0v) is 13.0. The summed E-state index contributed by atoms with van der Waals surface area (Å²) in [5.41, 5.74) is -0.215. The summed E-state index contributed by atoms with van der Waals surface area (Å²) in [5, 5.41) is 15.4. The lowest BCUT2D eigenvalue weighted by atomic mass is 9.80. The Morgan fingerprint density at radius 1 is 1.29 bits per heavy atom. The fourth-order valence-electron chi connectivity index (χ4n) is 3.78. The first kappa shape index (κ1) is 16.3. The molecule has 0 radical (unpaired) electrons. The molecule has 0 aromatic heterocycles. The lowest BCUT2D eigenvalue weighted by Gasteiger charge is -2.30. The van der Waals surface area contributed by atoms with Crippen molar-refractivity contribution in [1.29, 1.82) is 0 Å². The summed E-state index contributed by atoms with van der Waals surface area (Å²) in [6.07, 6.45) is 6.22. The number of hydrogen-bond acceptors (Lipinski definition) is 3. The minimum Gasteiger partial charge on any atom is -0.481 e. The first-order valence-corrected chi connectivity index (χ1v) is 8.29. The van der Waals surface area contributed by atoms with Gasteiger partial charge in [-0.25, -0.2) is 0 Å². The van der Waals surface area contributed by atoms with Crippen LogP contribution in [0.1, 0.15) is 51.9 Å². The van der Waals surface area contributed by atoms with E-state index in [1.165, 1.54) is 0 Å². The van der Waals surface area contributed by atoms with Crippen molar-refractivity contribution in [3.63, 3.8) is 0 Å². The Morgan fingerprint density at radius 2 is 2.00 bits per heavy atom. The number of aliphatic carboxylic acids is 1. The number of carbonyl (C=O) groups is 2. The van der Waals surface area contributed by atoms with E-state index in [9.17, 15) is 9.59 Å². The maximum Gasteiger partial charge on any atom is 0.306 e. The molecule has 120 valence electrons. The van der Waals surface area contributed by atoms with E-state index >= 15 is 0 Å². The second-order valence-corrected chi connectivity index (χ2v) is 6.72. The molecule has 0 bridgehead atoms. The average Bonchev–Trinajstić information content (AvgIpc) is 2.95. The highest BCUT2D eigenvalue weighted by molar-refractivity contribution is 5.83. The van der Waals surface area contributed by atoms with Gasteiger partial charge in [-0.2, -0.15) is 0 Å². The quantitative estimate of drug-likeness (QED) is 0.698. The highest BCUT2D eigenvalue weighted by atomic mass is 16.4. The van der Waals surface area contributed by atoms with Crippen molar-refractivity contribution in [3.8, 4) is 0 Å². The molecule has 1 amide bonds. The number of carboxylic acids is 1. The topological polar surface area (TPSA) is 78.4 Å². The molecular weight excluding hydrogens is 268 g/mol. The van der Waals surface area contributed by atoms with Gasteiger partial charge < -0.3 is 15.7 Å². The summed E-state index contributed by atoms with van der Waals surface area (Å²) in [7, 11) is 0. The molecule has 21 heavy (non-hydrogen) atoms. The number of amides is 1. The summed E-state index contributed by atoms with van der Waals surface area (Å²) >= 11 is 0. The molecule has 2 aliphatic rings. The third kappa shape index (κ3) is 3.96. The molecule has 1 atom stereocenters. The van der Waals surface area contributed by atoms with E-state index in [1.807, 2.05) is 0 Å². The van der Waals surface area contributed by atoms with Gasteiger partial charge in [0.2, 0.25) is 5.91 Å². The molecule has 0 aromatic carbocycles. The average molecular weight is 296 g/mol. The van der Waals surface area contributed by atoms with Gasteiger partial charge in [-0.3, -0.25) is 9.59 Å². The van der Waals surface area contributed by atoms with Gasteiger partial charge in [0, 0.05) is 13.1 Å². The van der Waals surface area contributed by atoms with Crippen LogP contribution in [0.15, 0.2) is 0 Å². The predicted molar refractivity (Wildman–Crippen MR) is 80.9 cm³/mol. The van der Waals surface area contributed by atoms with Gasteiger partial charge in [-0.15, -0.1) is 0 Å². The Bertz CT molecular complexity index is 370. The van der Waals surface area contributed by atoms with Gasteiger partial charge >= 0.3 is 5.97 Å². The van der Waals surface area contributed by atoms with Crippen molar-refractivity contribution in [2.75, 3.05) is 19.6 Å². The van der Waals surface area contributed by atoms with Gasteiger partial charge in [0.1, 0.15) is 0 Å². The third-order valence-electron chi connectivity index (χ3n) is 5.20. The standard InChI is InChI=1S/C16H28N2O3/c1-2-7-16(8-9-17-11-16)15(21)18-10-12-3-5-13(6-4-12)14(19)20/h12-13,17H,2-11H2,1H3,(H,18,21)(H,19,20). The molecule has 5 heteroatoms. The summed E-state index contributed by atoms with van der Waals surface area (Å²) in [5.74, 6) is -0.217. The zero-order chi connectivity index (χ0) is 15.3. The minimum atomic E-state index is -0.670. The summed E-state index contributed by atoms with van der Waals surface area (Å²) in [4.78, 5) is 23.5. The molecule has 1 saturated heterocycles. The maximum absolute atomic E-state index is 12.5. The van der Waals surface area contributed by atoms with Gasteiger partial charge in [0.05, 0.1) is 11.3 Å². The smallest absolute Gasteiger partial charge is 0.306 e. The molecule has 3 N–H and O–H groups in total. The number of rotatable bonds is 6. The van der Waals surface area contributed by atoms with E-state index in [-0.39, 0.29) is 17.2 Å². The lowest BCUT2D eigenvalue weighted by molar-refractivity contribution is -0.143. The van der Waals surface area contributed by atoms with Crippen LogP contribution in [0, 0.1) is 17.3 Å². The van der Waals surface area contributed by atoms with Crippen LogP contribution in [0.5, 0.6) is 0 Å². The molecule has 0 aromatic rings. The van der Waals surface area contributed by atoms with E-state index in [4.69, 9.17) is 5.11 Å². The second-order valence-electron chi connectivity index (χ2n) is 6.72. The maximum atomic E-state index is 12.5. The van der Waals surface area contributed by atoms with E-state index in [0.717, 1.165) is 58.0 Å². The fraction of sp³-hybridized carbons (Fsp3) is 0.875. The van der Waals surface area contributed by atoms with Gasteiger partial charge in [0.25, 0.3) is 0 Å². The van der Waals surface area contributed by atoms with Gasteiger partial charge in [0.15, 0.2) is 0 Å². The molecule has 1 saturated carbocycles. The van der Waals surface area contributed by atoms with Crippen molar-refractivity contribution >= 4 is 11.9 Å². The van der Waals surface area contributed by atoms with E-state index in [0.29, 0.717) is 12.5 Å². The SMILES string of the molecule is CCCC1(C(=O)NCC2CCC(C(=O)O)CC2)CCNC1. The first-order chi connectivity index (χ1) is 10.1. The van der Waals surface area contributed by atoms with Crippen LogP contribution in [0.2, 0.25) is 0 Å². The van der Waals surface area contributed by atoms with Crippen molar-refractivity contribution in [1.82, 2.24) is 10.6 Å². The normalized spacial score (nSPS) is 32.8. The number of carboxylic acid groups (broad SMARTS) is 1. The van der Waals surface area contributed by atoms with Crippen LogP contribution in [0.25, 0.3) is 0 Å². The number of hydrogen-bond donors (Lipinski definition) is 3. The Balaban J connectivity index is 1.77. The van der Waals surface area contributed by atoms with Gasteiger partial charge in [-0.05, 0) is 51.0 Å². The Kier molecular flexibility index (Phi) is 5.62. The largest absolute Gasteiger partial charge is 0.481 e. The molecular formula is C16H28N2O3. The monoisotopic (exact) mass is 296 g/mol. The van der Waals surface area contributed by atoms with E-state index in [1.54, 1.807) is 0 Å². The summed E-state index contributed by atoms with van der Waals surface area (Å²) in [6, 6.07) is 0. The summed E-state index contributed by atoms with van der Waals surface area (Å²) in [6.45, 7) is 4.55. The zero-order valence-electron chi connectivity index (χ0n) is 13.0. The Labute approximate surface area is 126 Å². The third-order valence-corrected chi connectivity index (χ3v) is 5.20. The second kappa shape index (κ2) is 7.25. The highest BCUT2D eigenvalue weighted by Crippen LogP contribution is 2.32. The van der Waals surface area contributed by atoms with Crippen LogP contribution >= 0.6 is 0 Å². The molecule has 2 fully saturated rings. The van der Waals surface area contributed by atoms with Crippen LogP contribution in [-0.4, -0.2) is 36.6 Å². The number of nitrogens with one attached hydrogen (secondary N) is 2. The number of carbonyl (C=O) groups excluding carboxylic acids is 1. The lowest BCUT2D eigenvalue weighted by Crippen LogP contribution is -2.44. The molecule has 1 unspecified atom stereocenters. The van der Waals surface area contributed by atoms with E-state index < -0.39 is 5.97 Å². The molecule has 0 spiro atoms. The first-order valence-electron chi connectivity index (χ1n) is 8.29. The van der Waals surface area contributed by atoms with Crippen LogP contribution < -0.4 is 10.6 Å². The Hall–Kier alpha value is -1.10.